The third-order valence-electron chi connectivity index (χ3n) is 1.48. The topological polar surface area (TPSA) is 43.6 Å². The molecule has 4 heteroatoms. The summed E-state index contributed by atoms with van der Waals surface area (Å²) in [5.74, 6) is 0.602. The molecule has 0 radical (unpaired) electrons. The van der Waals surface area contributed by atoms with Crippen molar-refractivity contribution in [3.63, 3.8) is 0 Å². The first-order valence-electron chi connectivity index (χ1n) is 3.52. The number of hydrogen-bond donors (Lipinski definition) is 0. The highest BCUT2D eigenvalue weighted by molar-refractivity contribution is 5.52. The fourth-order valence-corrected chi connectivity index (χ4v) is 0.946. The van der Waals surface area contributed by atoms with Gasteiger partial charge in [-0.05, 0) is 0 Å². The van der Waals surface area contributed by atoms with Crippen LogP contribution >= 0.6 is 0 Å². The number of nitrogens with zero attached hydrogens (tertiary/aromatic N) is 4. The molecule has 0 aliphatic carbocycles. The van der Waals surface area contributed by atoms with Crippen molar-refractivity contribution in [2.75, 3.05) is 0 Å². The average molecular weight is 159 g/mol. The van der Waals surface area contributed by atoms with Crippen LogP contribution in [0.1, 0.15) is 0 Å². The van der Waals surface area contributed by atoms with Crippen LogP contribution in [0.4, 0.5) is 0 Å². The number of rotatable bonds is 1. The van der Waals surface area contributed by atoms with E-state index in [4.69, 9.17) is 0 Å². The summed E-state index contributed by atoms with van der Waals surface area (Å²) in [6.07, 6.45) is 0. The highest BCUT2D eigenvalue weighted by atomic mass is 15.6. The van der Waals surface area contributed by atoms with Crippen molar-refractivity contribution in [1.29, 1.82) is 0 Å². The molecular formula is C8H7N4-. The van der Waals surface area contributed by atoms with Crippen LogP contribution in [0.15, 0.2) is 30.3 Å². The van der Waals surface area contributed by atoms with E-state index in [9.17, 15) is 0 Å². The summed E-state index contributed by atoms with van der Waals surface area (Å²) in [6.45, 7) is 0. The van der Waals surface area contributed by atoms with Gasteiger partial charge in [-0.1, -0.05) is 35.5 Å². The van der Waals surface area contributed by atoms with Crippen LogP contribution in [0.2, 0.25) is 0 Å². The minimum absolute atomic E-state index is 0.602. The lowest BCUT2D eigenvalue weighted by Crippen LogP contribution is -1.88. The van der Waals surface area contributed by atoms with E-state index >= 15 is 0 Å². The van der Waals surface area contributed by atoms with E-state index in [2.05, 4.69) is 22.5 Å². The Hall–Kier alpha value is -1.84. The molecule has 4 nitrogen and oxygen atoms in total. The van der Waals surface area contributed by atoms with Gasteiger partial charge in [-0.3, -0.25) is 7.05 Å². The highest BCUT2D eigenvalue weighted by Crippen LogP contribution is 2.10. The Morgan fingerprint density at radius 2 is 1.92 bits per heavy atom. The molecule has 60 valence electrons. The predicted molar refractivity (Wildman–Crippen MR) is 44.0 cm³/mol. The number of benzene rings is 1. The molecule has 1 aromatic carbocycles. The Kier molecular flexibility index (Phi) is 1.51. The molecule has 0 fully saturated rings. The molecule has 1 heterocycles. The fraction of sp³-hybridized carbons (Fsp3) is 0. The van der Waals surface area contributed by atoms with Crippen molar-refractivity contribution >= 4 is 0 Å². The van der Waals surface area contributed by atoms with Crippen LogP contribution in [0.25, 0.3) is 11.4 Å². The second-order valence-corrected chi connectivity index (χ2v) is 2.35. The van der Waals surface area contributed by atoms with Gasteiger partial charge >= 0.3 is 0 Å². The highest BCUT2D eigenvalue weighted by Gasteiger charge is 1.99. The van der Waals surface area contributed by atoms with Crippen molar-refractivity contribution in [1.82, 2.24) is 20.2 Å². The van der Waals surface area contributed by atoms with E-state index in [1.165, 1.54) is 4.80 Å². The molecule has 0 aliphatic heterocycles. The van der Waals surface area contributed by atoms with E-state index < -0.39 is 0 Å². The van der Waals surface area contributed by atoms with E-state index in [-0.39, 0.29) is 0 Å². The van der Waals surface area contributed by atoms with Gasteiger partial charge in [0.25, 0.3) is 0 Å². The summed E-state index contributed by atoms with van der Waals surface area (Å²) in [7, 11) is 3.50. The van der Waals surface area contributed by atoms with E-state index in [1.54, 1.807) is 0 Å². The lowest BCUT2D eigenvalue weighted by atomic mass is 10.2. The molecule has 0 amide bonds. The van der Waals surface area contributed by atoms with E-state index in [1.807, 2.05) is 30.3 Å². The maximum Gasteiger partial charge on any atom is 0.202 e. The second kappa shape index (κ2) is 2.65. The zero-order chi connectivity index (χ0) is 8.39. The largest absolute Gasteiger partial charge is 0.301 e. The first-order chi connectivity index (χ1) is 5.86. The standard InChI is InChI=1S/C8H7N4/c1-12-10-8(9-11-12)7-5-3-2-4-6-7/h2-6H,1H2/q-1. The SMILES string of the molecule is [CH2-]n1nnc(-c2ccccc2)n1. The van der Waals surface area contributed by atoms with Crippen LogP contribution in [0.3, 0.4) is 0 Å². The van der Waals surface area contributed by atoms with Gasteiger partial charge < -0.3 is 4.80 Å². The van der Waals surface area contributed by atoms with Gasteiger partial charge in [-0.25, -0.2) is 0 Å². The monoisotopic (exact) mass is 159 g/mol. The maximum atomic E-state index is 3.96. The zero-order valence-corrected chi connectivity index (χ0v) is 6.38. The molecule has 12 heavy (non-hydrogen) atoms. The predicted octanol–water partition coefficient (Wildman–Crippen LogP) is 0.980. The Balaban J connectivity index is 2.45. The molecule has 0 atom stereocenters. The molecule has 2 rings (SSSR count). The number of hydrogen-bond acceptors (Lipinski definition) is 3. The normalized spacial score (nSPS) is 10.0. The van der Waals surface area contributed by atoms with Crippen molar-refractivity contribution in [2.24, 2.45) is 0 Å². The lowest BCUT2D eigenvalue weighted by molar-refractivity contribution is 0.714. The molecule has 0 spiro atoms. The zero-order valence-electron chi connectivity index (χ0n) is 6.38. The molecule has 0 N–H and O–H groups in total. The van der Waals surface area contributed by atoms with Crippen LogP contribution < -0.4 is 0 Å². The van der Waals surface area contributed by atoms with Gasteiger partial charge in [-0.15, -0.1) is 5.10 Å². The summed E-state index contributed by atoms with van der Waals surface area (Å²) < 4.78 is 0. The van der Waals surface area contributed by atoms with Crippen LogP contribution in [0.5, 0.6) is 0 Å². The van der Waals surface area contributed by atoms with Crippen molar-refractivity contribution in [3.8, 4) is 11.4 Å². The van der Waals surface area contributed by atoms with Gasteiger partial charge in [0.15, 0.2) is 0 Å². The van der Waals surface area contributed by atoms with Crippen molar-refractivity contribution in [3.05, 3.63) is 37.4 Å². The maximum absolute atomic E-state index is 3.96. The van der Waals surface area contributed by atoms with Gasteiger partial charge in [0.2, 0.25) is 5.82 Å². The summed E-state index contributed by atoms with van der Waals surface area (Å²) in [5.41, 5.74) is 0.951. The van der Waals surface area contributed by atoms with Crippen molar-refractivity contribution < 1.29 is 0 Å². The number of tetrazole rings is 1. The van der Waals surface area contributed by atoms with Gasteiger partial charge in [0.05, 0.1) is 0 Å². The quantitative estimate of drug-likeness (QED) is 0.582. The smallest absolute Gasteiger partial charge is 0.202 e. The van der Waals surface area contributed by atoms with E-state index in [0.717, 1.165) is 5.56 Å². The Morgan fingerprint density at radius 3 is 2.50 bits per heavy atom. The summed E-state index contributed by atoms with van der Waals surface area (Å²) in [4.78, 5) is 1.20. The van der Waals surface area contributed by atoms with Crippen molar-refractivity contribution in [2.45, 2.75) is 0 Å². The minimum Gasteiger partial charge on any atom is -0.301 e. The third-order valence-corrected chi connectivity index (χ3v) is 1.48. The Labute approximate surface area is 69.8 Å². The lowest BCUT2D eigenvalue weighted by Gasteiger charge is -1.92. The number of aromatic nitrogens is 4. The van der Waals surface area contributed by atoms with Gasteiger partial charge in [-0.2, -0.15) is 5.10 Å². The minimum atomic E-state index is 0.602. The van der Waals surface area contributed by atoms with Crippen LogP contribution in [-0.2, 0) is 0 Å². The average Bonchev–Trinajstić information content (AvgIpc) is 2.54. The molecule has 0 aliphatic rings. The first-order valence-corrected chi connectivity index (χ1v) is 3.52. The first kappa shape index (κ1) is 6.84. The summed E-state index contributed by atoms with van der Waals surface area (Å²) in [5, 5.41) is 11.4. The fourth-order valence-electron chi connectivity index (χ4n) is 0.946. The molecule has 0 saturated carbocycles. The molecule has 0 unspecified atom stereocenters. The van der Waals surface area contributed by atoms with Gasteiger partial charge in [0.1, 0.15) is 0 Å². The van der Waals surface area contributed by atoms with E-state index in [0.29, 0.717) is 5.82 Å². The Bertz CT molecular complexity index is 366. The molecular weight excluding hydrogens is 152 g/mol. The van der Waals surface area contributed by atoms with Crippen LogP contribution in [-0.4, -0.2) is 20.2 Å². The summed E-state index contributed by atoms with van der Waals surface area (Å²) >= 11 is 0. The van der Waals surface area contributed by atoms with Gasteiger partial charge in [0, 0.05) is 5.56 Å². The molecule has 1 aromatic heterocycles. The molecule has 0 saturated heterocycles. The van der Waals surface area contributed by atoms with Crippen LogP contribution in [0, 0.1) is 7.05 Å². The second-order valence-electron chi connectivity index (χ2n) is 2.35. The Morgan fingerprint density at radius 1 is 1.17 bits per heavy atom. The molecule has 0 bridgehead atoms. The third kappa shape index (κ3) is 1.14. The summed E-state index contributed by atoms with van der Waals surface area (Å²) in [6, 6.07) is 9.66. The molecule has 2 aromatic rings.